The van der Waals surface area contributed by atoms with Crippen LogP contribution in [-0.4, -0.2) is 55.9 Å². The van der Waals surface area contributed by atoms with E-state index in [-0.39, 0.29) is 5.63 Å². The molecule has 36 heavy (non-hydrogen) atoms. The van der Waals surface area contributed by atoms with Gasteiger partial charge in [-0.2, -0.15) is 0 Å². The van der Waals surface area contributed by atoms with E-state index in [0.717, 1.165) is 74.0 Å². The van der Waals surface area contributed by atoms with Gasteiger partial charge in [0.2, 0.25) is 0 Å². The second-order valence-electron chi connectivity index (χ2n) is 8.95. The van der Waals surface area contributed by atoms with Gasteiger partial charge in [0.1, 0.15) is 11.3 Å². The van der Waals surface area contributed by atoms with Crippen LogP contribution in [0, 0.1) is 0 Å². The first-order valence-corrected chi connectivity index (χ1v) is 12.4. The van der Waals surface area contributed by atoms with E-state index in [0.29, 0.717) is 16.4 Å². The fourth-order valence-corrected chi connectivity index (χ4v) is 4.97. The summed E-state index contributed by atoms with van der Waals surface area (Å²) in [6, 6.07) is 12.5. The van der Waals surface area contributed by atoms with Crippen molar-refractivity contribution >= 4 is 45.3 Å². The first-order chi connectivity index (χ1) is 17.5. The zero-order valence-electron chi connectivity index (χ0n) is 20.1. The number of carbonyl (C=O) groups is 1. The van der Waals surface area contributed by atoms with E-state index in [4.69, 9.17) is 20.8 Å². The predicted molar refractivity (Wildman–Crippen MR) is 140 cm³/mol. The molecule has 8 nitrogen and oxygen atoms in total. The number of rotatable bonds is 7. The van der Waals surface area contributed by atoms with E-state index < -0.39 is 6.16 Å². The van der Waals surface area contributed by atoms with Gasteiger partial charge in [0.05, 0.1) is 12.8 Å². The van der Waals surface area contributed by atoms with E-state index in [9.17, 15) is 9.59 Å². The second kappa shape index (κ2) is 10.6. The number of nitrogens with one attached hydrogen (secondary N) is 1. The number of ether oxygens (including phenoxy) is 2. The fourth-order valence-electron chi connectivity index (χ4n) is 4.81. The van der Waals surface area contributed by atoms with Crippen LogP contribution in [0.5, 0.6) is 5.75 Å². The van der Waals surface area contributed by atoms with Gasteiger partial charge in [-0.05, 0) is 61.7 Å². The predicted octanol–water partition coefficient (Wildman–Crippen LogP) is 5.22. The third-order valence-corrected chi connectivity index (χ3v) is 6.91. The zero-order chi connectivity index (χ0) is 25.1. The van der Waals surface area contributed by atoms with Crippen LogP contribution >= 0.6 is 11.6 Å². The number of benzene rings is 2. The zero-order valence-corrected chi connectivity index (χ0v) is 20.8. The van der Waals surface area contributed by atoms with Gasteiger partial charge in [0, 0.05) is 65.8 Å². The number of piperazine rings is 1. The number of fused-ring (bicyclic) bond motifs is 2. The number of aromatic amines is 1. The molecule has 0 radical (unpaired) electrons. The first-order valence-electron chi connectivity index (χ1n) is 12.1. The van der Waals surface area contributed by atoms with Crippen molar-refractivity contribution in [2.24, 2.45) is 0 Å². The lowest BCUT2D eigenvalue weighted by Gasteiger charge is -2.36. The maximum atomic E-state index is 12.1. The molecule has 1 saturated heterocycles. The molecule has 188 valence electrons. The summed E-state index contributed by atoms with van der Waals surface area (Å²) in [6.45, 7) is 4.62. The van der Waals surface area contributed by atoms with Crippen LogP contribution < -0.4 is 15.3 Å². The Hall–Kier alpha value is -3.49. The van der Waals surface area contributed by atoms with Crippen LogP contribution in [-0.2, 0) is 11.2 Å². The molecule has 2 aromatic heterocycles. The van der Waals surface area contributed by atoms with E-state index in [2.05, 4.69) is 19.5 Å². The highest BCUT2D eigenvalue weighted by atomic mass is 35.5. The number of H-pyrrole nitrogens is 1. The maximum Gasteiger partial charge on any atom is 0.513 e. The summed E-state index contributed by atoms with van der Waals surface area (Å²) in [5.41, 5.74) is 3.30. The highest BCUT2D eigenvalue weighted by molar-refractivity contribution is 6.31. The van der Waals surface area contributed by atoms with Crippen molar-refractivity contribution < 1.29 is 18.7 Å². The molecule has 0 unspecified atom stereocenters. The SMILES string of the molecule is COC(=O)Oc1ccc2[nH]cc(CCCCN3CCN(c4cc(=O)oc5cc(Cl)ccc45)CC3)c2c1. The Morgan fingerprint density at radius 3 is 2.69 bits per heavy atom. The lowest BCUT2D eigenvalue weighted by molar-refractivity contribution is 0.121. The topological polar surface area (TPSA) is 88.0 Å². The van der Waals surface area contributed by atoms with Crippen molar-refractivity contribution in [2.75, 3.05) is 44.7 Å². The lowest BCUT2D eigenvalue weighted by atomic mass is 10.1. The summed E-state index contributed by atoms with van der Waals surface area (Å²) in [4.78, 5) is 31.5. The van der Waals surface area contributed by atoms with Crippen molar-refractivity contribution in [3.63, 3.8) is 0 Å². The third kappa shape index (κ3) is 5.34. The Kier molecular flexibility index (Phi) is 7.16. The summed E-state index contributed by atoms with van der Waals surface area (Å²) in [6.07, 6.45) is 4.39. The Bertz CT molecular complexity index is 1440. The first kappa shape index (κ1) is 24.2. The molecule has 3 heterocycles. The van der Waals surface area contributed by atoms with Crippen LogP contribution in [0.2, 0.25) is 5.02 Å². The molecule has 0 aliphatic carbocycles. The van der Waals surface area contributed by atoms with Crippen LogP contribution in [0.1, 0.15) is 18.4 Å². The average molecular weight is 510 g/mol. The largest absolute Gasteiger partial charge is 0.513 e. The number of halogens is 1. The number of methoxy groups -OCH3 is 1. The van der Waals surface area contributed by atoms with E-state index >= 15 is 0 Å². The van der Waals surface area contributed by atoms with Crippen LogP contribution in [0.25, 0.3) is 21.9 Å². The highest BCUT2D eigenvalue weighted by Gasteiger charge is 2.20. The second-order valence-corrected chi connectivity index (χ2v) is 9.39. The fraction of sp³-hybridized carbons (Fsp3) is 0.333. The minimum absolute atomic E-state index is 0.358. The van der Waals surface area contributed by atoms with Gasteiger partial charge in [-0.15, -0.1) is 0 Å². The quantitative estimate of drug-likeness (QED) is 0.158. The Morgan fingerprint density at radius 2 is 1.89 bits per heavy atom. The normalized spacial score (nSPS) is 14.4. The van der Waals surface area contributed by atoms with Gasteiger partial charge in [-0.25, -0.2) is 9.59 Å². The maximum absolute atomic E-state index is 12.1. The third-order valence-electron chi connectivity index (χ3n) is 6.67. The molecular weight excluding hydrogens is 482 g/mol. The van der Waals surface area contributed by atoms with Crippen molar-refractivity contribution in [3.05, 3.63) is 69.7 Å². The number of hydrogen-bond donors (Lipinski definition) is 1. The highest BCUT2D eigenvalue weighted by Crippen LogP contribution is 2.29. The summed E-state index contributed by atoms with van der Waals surface area (Å²) in [5, 5.41) is 2.52. The van der Waals surface area contributed by atoms with Crippen molar-refractivity contribution in [1.29, 1.82) is 0 Å². The van der Waals surface area contributed by atoms with Gasteiger partial charge < -0.3 is 23.8 Å². The molecule has 1 fully saturated rings. The molecule has 4 aromatic rings. The average Bonchev–Trinajstić information content (AvgIpc) is 3.28. The molecule has 0 bridgehead atoms. The molecule has 0 saturated carbocycles. The molecule has 0 spiro atoms. The number of unbranched alkanes of at least 4 members (excludes halogenated alkanes) is 1. The molecule has 9 heteroatoms. The van der Waals surface area contributed by atoms with Gasteiger partial charge >= 0.3 is 11.8 Å². The lowest BCUT2D eigenvalue weighted by Crippen LogP contribution is -2.46. The van der Waals surface area contributed by atoms with Gasteiger partial charge in [0.15, 0.2) is 0 Å². The van der Waals surface area contributed by atoms with Crippen LogP contribution in [0.3, 0.4) is 0 Å². The minimum Gasteiger partial charge on any atom is -0.437 e. The number of nitrogens with zero attached hydrogens (tertiary/aromatic N) is 2. The minimum atomic E-state index is -0.722. The standard InChI is InChI=1S/C27H28ClN3O5/c1-34-27(33)35-20-6-8-23-22(15-20)18(17-29-23)4-2-3-9-30-10-12-31(13-11-30)24-16-26(32)36-25-14-19(28)5-7-21(24)25/h5-8,14-17,29H,2-4,9-13H2,1H3. The van der Waals surface area contributed by atoms with Crippen molar-refractivity contribution in [2.45, 2.75) is 19.3 Å². The summed E-state index contributed by atoms with van der Waals surface area (Å²) >= 11 is 6.07. The van der Waals surface area contributed by atoms with Crippen molar-refractivity contribution in [3.8, 4) is 5.75 Å². The van der Waals surface area contributed by atoms with Crippen LogP contribution in [0.15, 0.2) is 57.9 Å². The molecule has 0 atom stereocenters. The monoisotopic (exact) mass is 509 g/mol. The van der Waals surface area contributed by atoms with Crippen LogP contribution in [0.4, 0.5) is 10.5 Å². The smallest absolute Gasteiger partial charge is 0.437 e. The van der Waals surface area contributed by atoms with Gasteiger partial charge in [0.25, 0.3) is 0 Å². The Labute approximate surface area is 213 Å². The number of carbonyl (C=O) groups excluding carboxylic acids is 1. The number of hydrogen-bond acceptors (Lipinski definition) is 7. The molecule has 1 aliphatic rings. The van der Waals surface area contributed by atoms with E-state index in [1.165, 1.54) is 12.7 Å². The number of anilines is 1. The molecular formula is C27H28ClN3O5. The Morgan fingerprint density at radius 1 is 1.06 bits per heavy atom. The molecule has 1 N–H and O–H groups in total. The summed E-state index contributed by atoms with van der Waals surface area (Å²) < 4.78 is 15.1. The Balaban J connectivity index is 1.13. The molecule has 1 aliphatic heterocycles. The van der Waals surface area contributed by atoms with Crippen molar-refractivity contribution in [1.82, 2.24) is 9.88 Å². The van der Waals surface area contributed by atoms with Gasteiger partial charge in [-0.1, -0.05) is 11.6 Å². The molecule has 0 amide bonds. The number of aromatic nitrogens is 1. The van der Waals surface area contributed by atoms with E-state index in [1.54, 1.807) is 18.2 Å². The summed E-state index contributed by atoms with van der Waals surface area (Å²) in [5.74, 6) is 0.472. The molecule has 5 rings (SSSR count). The van der Waals surface area contributed by atoms with E-state index in [1.807, 2.05) is 30.5 Å². The molecule has 2 aromatic carbocycles. The number of aryl methyl sites for hydroxylation is 1. The summed E-state index contributed by atoms with van der Waals surface area (Å²) in [7, 11) is 1.29. The van der Waals surface area contributed by atoms with Gasteiger partial charge in [-0.3, -0.25) is 4.90 Å².